The Balaban J connectivity index is 1.49. The number of aromatic nitrogens is 2. The van der Waals surface area contributed by atoms with Crippen LogP contribution in [-0.4, -0.2) is 37.4 Å². The molecule has 176 valence electrons. The van der Waals surface area contributed by atoms with Crippen LogP contribution >= 0.6 is 11.8 Å². The minimum absolute atomic E-state index is 0.0615. The number of rotatable bonds is 4. The van der Waals surface area contributed by atoms with Crippen LogP contribution < -0.4 is 11.1 Å². The summed E-state index contributed by atoms with van der Waals surface area (Å²) in [6.45, 7) is 3.26. The molecule has 1 aromatic carbocycles. The number of fused-ring (bicyclic) bond motifs is 1. The summed E-state index contributed by atoms with van der Waals surface area (Å²) < 4.78 is 14.0. The highest BCUT2D eigenvalue weighted by atomic mass is 32.2. The molecule has 1 saturated carbocycles. The Labute approximate surface area is 200 Å². The monoisotopic (exact) mass is 480 g/mol. The van der Waals surface area contributed by atoms with Crippen LogP contribution in [0.15, 0.2) is 42.7 Å². The molecule has 2 unspecified atom stereocenters. The average molecular weight is 481 g/mol. The van der Waals surface area contributed by atoms with Gasteiger partial charge in [0.2, 0.25) is 0 Å². The van der Waals surface area contributed by atoms with Crippen molar-refractivity contribution in [2.45, 2.75) is 42.3 Å². The molecule has 10 heteroatoms. The maximum absolute atomic E-state index is 15.1. The third-order valence-electron chi connectivity index (χ3n) is 7.16. The maximum Gasteiger partial charge on any atom is 0.156 e. The average Bonchev–Trinajstić information content (AvgIpc) is 3.64. The van der Waals surface area contributed by atoms with E-state index in [9.17, 15) is 10.4 Å². The van der Waals surface area contributed by atoms with E-state index in [0.717, 1.165) is 18.2 Å². The first-order valence-electron chi connectivity index (χ1n) is 11.0. The lowest BCUT2D eigenvalue weighted by Crippen LogP contribution is -2.72. The van der Waals surface area contributed by atoms with Crippen LogP contribution in [0.5, 0.6) is 0 Å². The van der Waals surface area contributed by atoms with E-state index in [-0.39, 0.29) is 18.0 Å². The Hall–Kier alpha value is -2.81. The number of anilines is 2. The van der Waals surface area contributed by atoms with Crippen LogP contribution in [0.25, 0.3) is 10.9 Å². The molecule has 4 N–H and O–H groups in total. The molecule has 5 rings (SSSR count). The molecule has 0 radical (unpaired) electrons. The van der Waals surface area contributed by atoms with E-state index in [1.54, 1.807) is 44.3 Å². The molecule has 34 heavy (non-hydrogen) atoms. The van der Waals surface area contributed by atoms with Gasteiger partial charge in [-0.1, -0.05) is 0 Å². The Kier molecular flexibility index (Phi) is 5.31. The van der Waals surface area contributed by atoms with Gasteiger partial charge in [-0.25, -0.2) is 19.4 Å². The minimum Gasteiger partial charge on any atom is -0.598 e. The molecule has 0 bridgehead atoms. The predicted molar refractivity (Wildman–Crippen MR) is 128 cm³/mol. The van der Waals surface area contributed by atoms with Gasteiger partial charge in [-0.3, -0.25) is 4.98 Å². The number of thioether (sulfide) groups is 1. The fraction of sp³-hybridized carbons (Fsp3) is 0.375. The second kappa shape index (κ2) is 7.86. The van der Waals surface area contributed by atoms with Crippen LogP contribution in [0.1, 0.15) is 37.8 Å². The topological polar surface area (TPSA) is 131 Å². The van der Waals surface area contributed by atoms with Crippen molar-refractivity contribution in [1.29, 1.82) is 5.26 Å². The quantitative estimate of drug-likeness (QED) is 0.367. The second-order valence-electron chi connectivity index (χ2n) is 9.52. The first kappa shape index (κ1) is 23.0. The SMILES string of the molecule is C[C@]1(C2CC2)C(N)S[C@](C)(c2cc(Nc3nccc4cc(C#N)cnc34)ccc2F)C[N+]1([O-])O. The zero-order valence-electron chi connectivity index (χ0n) is 18.8. The summed E-state index contributed by atoms with van der Waals surface area (Å²) in [5, 5.41) is 36.7. The molecule has 2 fully saturated rings. The van der Waals surface area contributed by atoms with Crippen LogP contribution in [0.4, 0.5) is 15.9 Å². The Morgan fingerprint density at radius 3 is 2.74 bits per heavy atom. The maximum atomic E-state index is 15.1. The number of nitrogens with one attached hydrogen (secondary N) is 1. The molecule has 1 aliphatic heterocycles. The third kappa shape index (κ3) is 3.61. The Morgan fingerprint density at radius 1 is 1.29 bits per heavy atom. The normalized spacial score (nSPS) is 31.3. The van der Waals surface area contributed by atoms with E-state index in [1.807, 2.05) is 0 Å². The van der Waals surface area contributed by atoms with Crippen molar-refractivity contribution in [3.05, 3.63) is 64.9 Å². The van der Waals surface area contributed by atoms with E-state index in [1.165, 1.54) is 24.0 Å². The van der Waals surface area contributed by atoms with Gasteiger partial charge in [0, 0.05) is 34.9 Å². The van der Waals surface area contributed by atoms with Gasteiger partial charge in [0.25, 0.3) is 0 Å². The number of nitriles is 1. The van der Waals surface area contributed by atoms with Gasteiger partial charge >= 0.3 is 0 Å². The molecular weight excluding hydrogens is 455 g/mol. The van der Waals surface area contributed by atoms with Crippen LogP contribution in [0.2, 0.25) is 0 Å². The van der Waals surface area contributed by atoms with Gasteiger partial charge in [-0.15, -0.1) is 11.8 Å². The lowest BCUT2D eigenvalue weighted by atomic mass is 9.90. The standard InChI is InChI=1S/C24H25FN6O2S/c1-23(13-31(32,33)24(2,16-3-4-16)22(27)34-23)18-10-17(5-6-19(18)25)30-21-20-15(7-8-28-21)9-14(11-26)12-29-20/h5-10,12,16,22,32H,3-4,13,27H2,1-2H3,(H,28,30)/t22?,23-,24-/m0/s1. The van der Waals surface area contributed by atoms with Gasteiger partial charge in [0.05, 0.1) is 10.3 Å². The third-order valence-corrected chi connectivity index (χ3v) is 8.76. The second-order valence-corrected chi connectivity index (χ2v) is 11.2. The number of nitrogens with zero attached hydrogens (tertiary/aromatic N) is 4. The summed E-state index contributed by atoms with van der Waals surface area (Å²) in [6, 6.07) is 10.1. The molecule has 0 spiro atoms. The summed E-state index contributed by atoms with van der Waals surface area (Å²) in [7, 11) is 0. The van der Waals surface area contributed by atoms with Gasteiger partial charge in [0.15, 0.2) is 11.4 Å². The minimum atomic E-state index is -1.49. The highest BCUT2D eigenvalue weighted by Gasteiger charge is 2.63. The molecule has 4 atom stereocenters. The number of halogens is 1. The first-order valence-corrected chi connectivity index (χ1v) is 11.9. The van der Waals surface area contributed by atoms with Crippen molar-refractivity contribution in [2.75, 3.05) is 11.9 Å². The number of hydrogen-bond donors (Lipinski definition) is 3. The van der Waals surface area contributed by atoms with Crippen molar-refractivity contribution in [3.63, 3.8) is 0 Å². The molecule has 1 aliphatic carbocycles. The lowest BCUT2D eigenvalue weighted by Gasteiger charge is -2.58. The summed E-state index contributed by atoms with van der Waals surface area (Å²) >= 11 is 1.33. The largest absolute Gasteiger partial charge is 0.598 e. The fourth-order valence-electron chi connectivity index (χ4n) is 4.91. The van der Waals surface area contributed by atoms with Crippen molar-refractivity contribution in [3.8, 4) is 6.07 Å². The first-order chi connectivity index (χ1) is 16.1. The molecule has 1 saturated heterocycles. The number of hydroxylamine groups is 4. The molecular formula is C24H25FN6O2S. The summed E-state index contributed by atoms with van der Waals surface area (Å²) in [5.41, 5.74) is 7.26. The molecule has 0 amide bonds. The predicted octanol–water partition coefficient (Wildman–Crippen LogP) is 4.50. The molecule has 3 aromatic rings. The summed E-state index contributed by atoms with van der Waals surface area (Å²) in [5.74, 6) is 0.0342. The van der Waals surface area contributed by atoms with E-state index in [2.05, 4.69) is 21.4 Å². The number of pyridine rings is 2. The Bertz CT molecular complexity index is 1330. The zero-order chi connectivity index (χ0) is 24.3. The zero-order valence-corrected chi connectivity index (χ0v) is 19.6. The summed E-state index contributed by atoms with van der Waals surface area (Å²) in [6.07, 6.45) is 4.79. The van der Waals surface area contributed by atoms with Crippen molar-refractivity contribution < 1.29 is 14.4 Å². The molecule has 3 heterocycles. The van der Waals surface area contributed by atoms with Crippen LogP contribution in [0, 0.1) is 28.3 Å². The van der Waals surface area contributed by atoms with E-state index >= 15 is 4.39 Å². The highest BCUT2D eigenvalue weighted by Crippen LogP contribution is 2.57. The van der Waals surface area contributed by atoms with Crippen LogP contribution in [-0.2, 0) is 4.75 Å². The van der Waals surface area contributed by atoms with Gasteiger partial charge in [0.1, 0.15) is 29.3 Å². The van der Waals surface area contributed by atoms with Gasteiger partial charge < -0.3 is 16.3 Å². The number of hydrogen-bond acceptors (Lipinski definition) is 8. The van der Waals surface area contributed by atoms with E-state index < -0.39 is 26.3 Å². The van der Waals surface area contributed by atoms with Crippen molar-refractivity contribution >= 4 is 34.2 Å². The molecule has 8 nitrogen and oxygen atoms in total. The van der Waals surface area contributed by atoms with E-state index in [0.29, 0.717) is 22.6 Å². The number of benzene rings is 1. The molecule has 2 aliphatic rings. The number of quaternary nitrogens is 1. The van der Waals surface area contributed by atoms with Crippen LogP contribution in [0.3, 0.4) is 0 Å². The smallest absolute Gasteiger partial charge is 0.156 e. The molecule has 2 aromatic heterocycles. The highest BCUT2D eigenvalue weighted by molar-refractivity contribution is 8.00. The fourth-order valence-corrected chi connectivity index (χ4v) is 6.60. The lowest BCUT2D eigenvalue weighted by molar-refractivity contribution is -1.11. The van der Waals surface area contributed by atoms with Gasteiger partial charge in [-0.2, -0.15) is 5.26 Å². The number of nitrogens with two attached hydrogens (primary N) is 1. The van der Waals surface area contributed by atoms with E-state index in [4.69, 9.17) is 11.0 Å². The van der Waals surface area contributed by atoms with Crippen molar-refractivity contribution in [1.82, 2.24) is 9.97 Å². The van der Waals surface area contributed by atoms with Gasteiger partial charge in [-0.05, 0) is 57.0 Å². The van der Waals surface area contributed by atoms with Crippen molar-refractivity contribution in [2.24, 2.45) is 11.7 Å². The Morgan fingerprint density at radius 2 is 2.06 bits per heavy atom. The summed E-state index contributed by atoms with van der Waals surface area (Å²) in [4.78, 5) is 7.20.